The zero-order chi connectivity index (χ0) is 16.6. The van der Waals surface area contributed by atoms with Gasteiger partial charge >= 0.3 is 0 Å². The number of carbonyl (C=O) groups is 1. The summed E-state index contributed by atoms with van der Waals surface area (Å²) in [7, 11) is 0. The lowest BCUT2D eigenvalue weighted by Gasteiger charge is -2.40. The summed E-state index contributed by atoms with van der Waals surface area (Å²) in [5, 5.41) is 0. The van der Waals surface area contributed by atoms with Crippen LogP contribution in [-0.4, -0.2) is 35.4 Å². The number of nitrogens with zero attached hydrogens (tertiary/aromatic N) is 3. The van der Waals surface area contributed by atoms with Crippen molar-refractivity contribution in [3.63, 3.8) is 0 Å². The Labute approximate surface area is 143 Å². The van der Waals surface area contributed by atoms with Crippen LogP contribution in [0.15, 0.2) is 48.8 Å². The van der Waals surface area contributed by atoms with Crippen LogP contribution in [0.5, 0.6) is 0 Å². The first-order valence-electron chi connectivity index (χ1n) is 8.76. The maximum Gasteiger partial charge on any atom is 0.251 e. The van der Waals surface area contributed by atoms with Gasteiger partial charge in [-0.15, -0.1) is 0 Å². The summed E-state index contributed by atoms with van der Waals surface area (Å²) in [6.45, 7) is 4.80. The molecule has 1 amide bonds. The number of carbonyl (C=O) groups excluding carboxylic acids is 1. The number of aromatic nitrogens is 1. The SMILES string of the molecule is CC(C(=O)N1CCc2cnccc21)(c1ccccc1)N1CCCC1. The zero-order valence-electron chi connectivity index (χ0n) is 14.1. The fourth-order valence-electron chi connectivity index (χ4n) is 4.07. The van der Waals surface area contributed by atoms with E-state index in [0.29, 0.717) is 0 Å². The van der Waals surface area contributed by atoms with Gasteiger partial charge in [-0.3, -0.25) is 14.7 Å². The molecule has 1 aromatic heterocycles. The number of amides is 1. The van der Waals surface area contributed by atoms with Crippen molar-refractivity contribution in [2.75, 3.05) is 24.5 Å². The molecule has 0 N–H and O–H groups in total. The second-order valence-corrected chi connectivity index (χ2v) is 6.84. The van der Waals surface area contributed by atoms with Gasteiger partial charge in [-0.1, -0.05) is 30.3 Å². The van der Waals surface area contributed by atoms with E-state index in [1.807, 2.05) is 35.4 Å². The number of benzene rings is 1. The van der Waals surface area contributed by atoms with Gasteiger partial charge in [-0.2, -0.15) is 0 Å². The molecular formula is C20H23N3O. The average Bonchev–Trinajstić information content (AvgIpc) is 3.31. The smallest absolute Gasteiger partial charge is 0.251 e. The predicted octanol–water partition coefficient (Wildman–Crippen LogP) is 2.98. The Bertz CT molecular complexity index is 740. The van der Waals surface area contributed by atoms with Crippen molar-refractivity contribution in [2.24, 2.45) is 0 Å². The van der Waals surface area contributed by atoms with E-state index in [-0.39, 0.29) is 5.91 Å². The van der Waals surface area contributed by atoms with E-state index in [2.05, 4.69) is 28.9 Å². The molecule has 4 heteroatoms. The standard InChI is InChI=1S/C20H23N3O/c1-20(22-12-5-6-13-22,17-7-3-2-4-8-17)19(24)23-14-10-16-15-21-11-9-18(16)23/h2-4,7-9,11,15H,5-6,10,12-14H2,1H3. The molecule has 4 rings (SSSR count). The van der Waals surface area contributed by atoms with Crippen LogP contribution in [0.25, 0.3) is 0 Å². The molecule has 1 aromatic carbocycles. The van der Waals surface area contributed by atoms with Crippen molar-refractivity contribution in [2.45, 2.75) is 31.7 Å². The molecule has 4 nitrogen and oxygen atoms in total. The number of likely N-dealkylation sites (tertiary alicyclic amines) is 1. The minimum absolute atomic E-state index is 0.181. The van der Waals surface area contributed by atoms with Gasteiger partial charge in [0.2, 0.25) is 0 Å². The second-order valence-electron chi connectivity index (χ2n) is 6.84. The lowest BCUT2D eigenvalue weighted by Crippen LogP contribution is -2.54. The largest absolute Gasteiger partial charge is 0.310 e. The normalized spacial score (nSPS) is 20.0. The Morgan fingerprint density at radius 1 is 1.08 bits per heavy atom. The highest BCUT2D eigenvalue weighted by Crippen LogP contribution is 2.37. The average molecular weight is 321 g/mol. The fraction of sp³-hybridized carbons (Fsp3) is 0.400. The first-order valence-corrected chi connectivity index (χ1v) is 8.76. The van der Waals surface area contributed by atoms with Crippen molar-refractivity contribution < 1.29 is 4.79 Å². The molecule has 0 radical (unpaired) electrons. The Morgan fingerprint density at radius 2 is 1.83 bits per heavy atom. The van der Waals surface area contributed by atoms with Gasteiger partial charge in [-0.05, 0) is 56.5 Å². The van der Waals surface area contributed by atoms with E-state index >= 15 is 0 Å². The van der Waals surface area contributed by atoms with Gasteiger partial charge in [0, 0.05) is 18.9 Å². The second kappa shape index (κ2) is 6.02. The quantitative estimate of drug-likeness (QED) is 0.872. The highest BCUT2D eigenvalue weighted by Gasteiger charge is 2.45. The molecule has 1 atom stereocenters. The van der Waals surface area contributed by atoms with Crippen LogP contribution < -0.4 is 4.90 Å². The number of anilines is 1. The predicted molar refractivity (Wildman–Crippen MR) is 94.9 cm³/mol. The molecule has 3 heterocycles. The highest BCUT2D eigenvalue weighted by molar-refractivity contribution is 6.02. The summed E-state index contributed by atoms with van der Waals surface area (Å²) >= 11 is 0. The monoisotopic (exact) mass is 321 g/mol. The van der Waals surface area contributed by atoms with Gasteiger partial charge in [0.15, 0.2) is 0 Å². The summed E-state index contributed by atoms with van der Waals surface area (Å²) in [5.74, 6) is 0.181. The fourth-order valence-corrected chi connectivity index (χ4v) is 4.07. The molecule has 1 unspecified atom stereocenters. The number of fused-ring (bicyclic) bond motifs is 1. The molecule has 1 saturated heterocycles. The number of hydrogen-bond acceptors (Lipinski definition) is 3. The van der Waals surface area contributed by atoms with Crippen molar-refractivity contribution in [3.8, 4) is 0 Å². The molecule has 2 aliphatic heterocycles. The minimum Gasteiger partial charge on any atom is -0.310 e. The zero-order valence-corrected chi connectivity index (χ0v) is 14.1. The number of rotatable bonds is 3. The summed E-state index contributed by atoms with van der Waals surface area (Å²) in [5.41, 5.74) is 2.67. The van der Waals surface area contributed by atoms with E-state index in [1.54, 1.807) is 6.20 Å². The van der Waals surface area contributed by atoms with E-state index in [4.69, 9.17) is 0 Å². The molecule has 0 spiro atoms. The molecule has 1 fully saturated rings. The Hall–Kier alpha value is -2.20. The van der Waals surface area contributed by atoms with E-state index < -0.39 is 5.54 Å². The van der Waals surface area contributed by atoms with Crippen molar-refractivity contribution in [1.29, 1.82) is 0 Å². The lowest BCUT2D eigenvalue weighted by molar-refractivity contribution is -0.129. The molecule has 0 aliphatic carbocycles. The maximum atomic E-state index is 13.7. The van der Waals surface area contributed by atoms with Crippen LogP contribution in [0, 0.1) is 0 Å². The first-order chi connectivity index (χ1) is 11.7. The highest BCUT2D eigenvalue weighted by atomic mass is 16.2. The minimum atomic E-state index is -0.608. The number of pyridine rings is 1. The maximum absolute atomic E-state index is 13.7. The molecule has 2 aromatic rings. The third kappa shape index (κ3) is 2.33. The molecule has 124 valence electrons. The molecule has 24 heavy (non-hydrogen) atoms. The van der Waals surface area contributed by atoms with Crippen molar-refractivity contribution in [3.05, 3.63) is 59.9 Å². The van der Waals surface area contributed by atoms with Crippen LogP contribution >= 0.6 is 0 Å². The van der Waals surface area contributed by atoms with Crippen molar-refractivity contribution >= 4 is 11.6 Å². The summed E-state index contributed by atoms with van der Waals surface area (Å²) in [6.07, 6.45) is 6.88. The Balaban J connectivity index is 1.76. The van der Waals surface area contributed by atoms with Crippen LogP contribution in [0.1, 0.15) is 30.9 Å². The lowest BCUT2D eigenvalue weighted by atomic mass is 9.88. The molecular weight excluding hydrogens is 298 g/mol. The van der Waals surface area contributed by atoms with Crippen LogP contribution in [-0.2, 0) is 16.8 Å². The van der Waals surface area contributed by atoms with Gasteiger partial charge < -0.3 is 4.90 Å². The summed E-state index contributed by atoms with van der Waals surface area (Å²) in [4.78, 5) is 22.2. The third-order valence-corrected chi connectivity index (χ3v) is 5.51. The first kappa shape index (κ1) is 15.3. The third-order valence-electron chi connectivity index (χ3n) is 5.51. The number of hydrogen-bond donors (Lipinski definition) is 0. The molecule has 0 saturated carbocycles. The van der Waals surface area contributed by atoms with E-state index in [9.17, 15) is 4.79 Å². The Morgan fingerprint density at radius 3 is 2.58 bits per heavy atom. The topological polar surface area (TPSA) is 36.4 Å². The van der Waals surface area contributed by atoms with Gasteiger partial charge in [-0.25, -0.2) is 0 Å². The van der Waals surface area contributed by atoms with Crippen LogP contribution in [0.3, 0.4) is 0 Å². The summed E-state index contributed by atoms with van der Waals surface area (Å²) in [6, 6.07) is 12.2. The van der Waals surface area contributed by atoms with E-state index in [1.165, 1.54) is 5.56 Å². The Kier molecular flexibility index (Phi) is 3.85. The van der Waals surface area contributed by atoms with Gasteiger partial charge in [0.05, 0.1) is 5.69 Å². The van der Waals surface area contributed by atoms with E-state index in [0.717, 1.165) is 50.1 Å². The van der Waals surface area contributed by atoms with Crippen LogP contribution in [0.4, 0.5) is 5.69 Å². The van der Waals surface area contributed by atoms with Crippen molar-refractivity contribution in [1.82, 2.24) is 9.88 Å². The van der Waals surface area contributed by atoms with Gasteiger partial charge in [0.25, 0.3) is 5.91 Å². The summed E-state index contributed by atoms with van der Waals surface area (Å²) < 4.78 is 0. The molecule has 0 bridgehead atoms. The molecule has 2 aliphatic rings. The van der Waals surface area contributed by atoms with Gasteiger partial charge in [0.1, 0.15) is 5.54 Å². The van der Waals surface area contributed by atoms with Crippen LogP contribution in [0.2, 0.25) is 0 Å².